The van der Waals surface area contributed by atoms with Crippen molar-refractivity contribution in [1.82, 2.24) is 0 Å². The maximum atomic E-state index is 13.3. The van der Waals surface area contributed by atoms with E-state index in [0.29, 0.717) is 21.7 Å². The number of methoxy groups -OCH3 is 1. The van der Waals surface area contributed by atoms with E-state index in [1.165, 1.54) is 49.7 Å². The summed E-state index contributed by atoms with van der Waals surface area (Å²) in [5.41, 5.74) is 0.954. The van der Waals surface area contributed by atoms with Gasteiger partial charge in [-0.1, -0.05) is 18.2 Å². The van der Waals surface area contributed by atoms with Crippen molar-refractivity contribution in [2.75, 3.05) is 18.0 Å². The van der Waals surface area contributed by atoms with Crippen LogP contribution in [0.15, 0.2) is 77.8 Å². The van der Waals surface area contributed by atoms with Crippen molar-refractivity contribution < 1.29 is 27.8 Å². The summed E-state index contributed by atoms with van der Waals surface area (Å²) >= 11 is 0. The minimum absolute atomic E-state index is 0.0752. The maximum absolute atomic E-state index is 13.3. The molecule has 0 saturated carbocycles. The number of carbonyl (C=O) groups is 1. The molecule has 0 aliphatic rings. The zero-order chi connectivity index (χ0) is 22.4. The van der Waals surface area contributed by atoms with Gasteiger partial charge in [-0.2, -0.15) is 4.73 Å². The molecule has 3 rings (SSSR count). The number of hydrogen-bond acceptors (Lipinski definition) is 5. The predicted molar refractivity (Wildman–Crippen MR) is 116 cm³/mol. The molecule has 9 heteroatoms. The lowest BCUT2D eigenvalue weighted by molar-refractivity contribution is -0.607. The zero-order valence-corrected chi connectivity index (χ0v) is 17.4. The van der Waals surface area contributed by atoms with Gasteiger partial charge in [0.1, 0.15) is 12.3 Å². The number of rotatable bonds is 8. The standard InChI is InChI=1S/C22H20N2O6S/c1-30-19-11-13-20(14-12-19)31(28,29)24(16-22(25)26)21-8-3-2-6-17(21)9-10-18-7-4-5-15-23(18)27/h2-15H,16H2,1H3,(H,25,26)/b10-9+. The number of aliphatic carboxylic acids is 1. The second-order valence-electron chi connectivity index (χ2n) is 6.42. The van der Waals surface area contributed by atoms with E-state index in [9.17, 15) is 23.5 Å². The summed E-state index contributed by atoms with van der Waals surface area (Å²) < 4.78 is 33.1. The summed E-state index contributed by atoms with van der Waals surface area (Å²) in [6.07, 6.45) is 4.44. The Morgan fingerprint density at radius 1 is 1.06 bits per heavy atom. The quantitative estimate of drug-likeness (QED) is 0.426. The maximum Gasteiger partial charge on any atom is 0.324 e. The fourth-order valence-corrected chi connectivity index (χ4v) is 4.34. The molecule has 160 valence electrons. The first-order valence-corrected chi connectivity index (χ1v) is 10.6. The van der Waals surface area contributed by atoms with Crippen molar-refractivity contribution in [3.8, 4) is 5.75 Å². The van der Waals surface area contributed by atoms with Crippen molar-refractivity contribution in [2.45, 2.75) is 4.90 Å². The van der Waals surface area contributed by atoms with Crippen LogP contribution in [0.25, 0.3) is 12.2 Å². The summed E-state index contributed by atoms with van der Waals surface area (Å²) in [6, 6.07) is 17.0. The normalized spacial score (nSPS) is 11.4. The molecule has 0 amide bonds. The number of para-hydroxylation sites is 1. The van der Waals surface area contributed by atoms with Crippen LogP contribution in [0.4, 0.5) is 5.69 Å². The van der Waals surface area contributed by atoms with Gasteiger partial charge in [0.2, 0.25) is 5.69 Å². The highest BCUT2D eigenvalue weighted by atomic mass is 32.2. The number of pyridine rings is 1. The van der Waals surface area contributed by atoms with Gasteiger partial charge in [0.25, 0.3) is 10.0 Å². The highest BCUT2D eigenvalue weighted by molar-refractivity contribution is 7.92. The van der Waals surface area contributed by atoms with Gasteiger partial charge in [-0.3, -0.25) is 9.10 Å². The van der Waals surface area contributed by atoms with Gasteiger partial charge in [0.05, 0.1) is 17.7 Å². The van der Waals surface area contributed by atoms with E-state index in [2.05, 4.69) is 0 Å². The summed E-state index contributed by atoms with van der Waals surface area (Å²) in [6.45, 7) is -0.772. The van der Waals surface area contributed by atoms with E-state index in [1.807, 2.05) is 0 Å². The van der Waals surface area contributed by atoms with Gasteiger partial charge < -0.3 is 15.1 Å². The fraction of sp³-hybridized carbons (Fsp3) is 0.0909. The van der Waals surface area contributed by atoms with Crippen LogP contribution >= 0.6 is 0 Å². The molecule has 1 N–H and O–H groups in total. The van der Waals surface area contributed by atoms with Crippen LogP contribution in [0.5, 0.6) is 5.75 Å². The topological polar surface area (TPSA) is 111 Å². The van der Waals surface area contributed by atoms with Gasteiger partial charge in [-0.15, -0.1) is 0 Å². The predicted octanol–water partition coefficient (Wildman–Crippen LogP) is 2.78. The van der Waals surface area contributed by atoms with Crippen LogP contribution in [-0.4, -0.2) is 33.1 Å². The summed E-state index contributed by atoms with van der Waals surface area (Å²) in [4.78, 5) is 11.4. The Bertz CT molecular complexity index is 1210. The number of carboxylic acids is 1. The smallest absolute Gasteiger partial charge is 0.324 e. The molecule has 0 fully saturated rings. The average molecular weight is 440 g/mol. The van der Waals surface area contributed by atoms with Crippen LogP contribution in [0.2, 0.25) is 0 Å². The lowest BCUT2D eigenvalue weighted by Gasteiger charge is -2.24. The second-order valence-corrected chi connectivity index (χ2v) is 8.29. The van der Waals surface area contributed by atoms with Gasteiger partial charge in [-0.05, 0) is 48.0 Å². The van der Waals surface area contributed by atoms with Crippen molar-refractivity contribution in [2.24, 2.45) is 0 Å². The molecule has 31 heavy (non-hydrogen) atoms. The number of sulfonamides is 1. The average Bonchev–Trinajstić information content (AvgIpc) is 2.77. The van der Waals surface area contributed by atoms with E-state index < -0.39 is 22.5 Å². The molecule has 0 bridgehead atoms. The number of aromatic nitrogens is 1. The molecular weight excluding hydrogens is 420 g/mol. The van der Waals surface area contributed by atoms with Crippen LogP contribution in [-0.2, 0) is 14.8 Å². The first-order chi connectivity index (χ1) is 14.8. The van der Waals surface area contributed by atoms with Crippen LogP contribution in [0, 0.1) is 5.21 Å². The first kappa shape index (κ1) is 21.8. The van der Waals surface area contributed by atoms with Crippen LogP contribution in [0.1, 0.15) is 11.3 Å². The minimum atomic E-state index is -4.19. The molecule has 1 aromatic heterocycles. The summed E-state index contributed by atoms with van der Waals surface area (Å²) in [5, 5.41) is 21.3. The second kappa shape index (κ2) is 9.31. The minimum Gasteiger partial charge on any atom is -0.618 e. The number of nitrogens with zero attached hydrogens (tertiary/aromatic N) is 2. The lowest BCUT2D eigenvalue weighted by atomic mass is 10.1. The first-order valence-electron chi connectivity index (χ1n) is 9.17. The van der Waals surface area contributed by atoms with E-state index in [-0.39, 0.29) is 10.6 Å². The molecule has 2 aromatic carbocycles. The molecular formula is C22H20N2O6S. The monoisotopic (exact) mass is 440 g/mol. The van der Waals surface area contributed by atoms with E-state index in [0.717, 1.165) is 4.31 Å². The largest absolute Gasteiger partial charge is 0.618 e. The Labute approximate surface area is 179 Å². The Morgan fingerprint density at radius 2 is 1.74 bits per heavy atom. The molecule has 0 saturated heterocycles. The number of benzene rings is 2. The highest BCUT2D eigenvalue weighted by Gasteiger charge is 2.28. The van der Waals surface area contributed by atoms with Gasteiger partial charge >= 0.3 is 5.97 Å². The van der Waals surface area contributed by atoms with Crippen molar-refractivity contribution in [3.05, 3.63) is 89.4 Å². The third-order valence-corrected chi connectivity index (χ3v) is 6.19. The molecule has 0 aliphatic carbocycles. The third-order valence-electron chi connectivity index (χ3n) is 4.42. The number of ether oxygens (including phenoxy) is 1. The molecule has 0 atom stereocenters. The van der Waals surface area contributed by atoms with E-state index in [1.54, 1.807) is 42.5 Å². The SMILES string of the molecule is COc1ccc(S(=O)(=O)N(CC(=O)O)c2ccccc2/C=C/c2cccc[n+]2[O-])cc1. The van der Waals surface area contributed by atoms with Gasteiger partial charge in [-0.25, -0.2) is 8.42 Å². The summed E-state index contributed by atoms with van der Waals surface area (Å²) in [7, 11) is -2.73. The Kier molecular flexibility index (Phi) is 6.56. The molecule has 0 aliphatic heterocycles. The Hall–Kier alpha value is -3.85. The van der Waals surface area contributed by atoms with Crippen LogP contribution < -0.4 is 13.8 Å². The molecule has 1 heterocycles. The number of hydrogen-bond donors (Lipinski definition) is 1. The molecule has 3 aromatic rings. The highest BCUT2D eigenvalue weighted by Crippen LogP contribution is 2.29. The summed E-state index contributed by atoms with van der Waals surface area (Å²) in [5.74, 6) is -0.836. The number of carboxylic acid groups (broad SMARTS) is 1. The zero-order valence-electron chi connectivity index (χ0n) is 16.6. The third kappa shape index (κ3) is 5.01. The fourth-order valence-electron chi connectivity index (χ4n) is 2.90. The van der Waals surface area contributed by atoms with E-state index >= 15 is 0 Å². The molecule has 8 nitrogen and oxygen atoms in total. The van der Waals surface area contributed by atoms with Gasteiger partial charge in [0.15, 0.2) is 6.20 Å². The lowest BCUT2D eigenvalue weighted by Crippen LogP contribution is -2.36. The van der Waals surface area contributed by atoms with Crippen LogP contribution in [0.3, 0.4) is 0 Å². The van der Waals surface area contributed by atoms with Gasteiger partial charge in [0, 0.05) is 18.2 Å². The molecule has 0 spiro atoms. The molecule has 0 radical (unpaired) electrons. The van der Waals surface area contributed by atoms with Crippen molar-refractivity contribution in [3.63, 3.8) is 0 Å². The van der Waals surface area contributed by atoms with Crippen molar-refractivity contribution in [1.29, 1.82) is 0 Å². The van der Waals surface area contributed by atoms with Crippen molar-refractivity contribution >= 4 is 33.8 Å². The molecule has 0 unspecified atom stereocenters. The Balaban J connectivity index is 2.07. The van der Waals surface area contributed by atoms with E-state index in [4.69, 9.17) is 4.74 Å². The number of anilines is 1. The Morgan fingerprint density at radius 3 is 2.39 bits per heavy atom.